The topological polar surface area (TPSA) is 26.3 Å². The largest absolute Gasteiger partial charge is 0.517 e. The average Bonchev–Trinajstić information content (AvgIpc) is 2.27. The molecule has 117 valence electrons. The van der Waals surface area contributed by atoms with Crippen LogP contribution in [0.1, 0.15) is 60.8 Å². The zero-order valence-electron chi connectivity index (χ0n) is 14.3. The van der Waals surface area contributed by atoms with E-state index >= 15 is 0 Å². The summed E-state index contributed by atoms with van der Waals surface area (Å²) in [6, 6.07) is 0. The predicted octanol–water partition coefficient (Wildman–Crippen LogP) is 4.64. The molecular formula is C17H32O2Y-2. The van der Waals surface area contributed by atoms with Gasteiger partial charge in [-0.05, 0) is 0 Å². The Morgan fingerprint density at radius 2 is 1.60 bits per heavy atom. The van der Waals surface area contributed by atoms with Crippen LogP contribution in [0.3, 0.4) is 0 Å². The van der Waals surface area contributed by atoms with Crippen molar-refractivity contribution in [3.8, 4) is 0 Å². The molecule has 0 bridgehead atoms. The second-order valence-corrected chi connectivity index (χ2v) is 6.78. The van der Waals surface area contributed by atoms with Crippen molar-refractivity contribution in [1.29, 1.82) is 0 Å². The molecule has 0 aromatic carbocycles. The van der Waals surface area contributed by atoms with Crippen molar-refractivity contribution in [2.24, 2.45) is 10.8 Å². The van der Waals surface area contributed by atoms with Gasteiger partial charge >= 0.3 is 0 Å². The molecule has 3 heteroatoms. The number of rotatable bonds is 6. The van der Waals surface area contributed by atoms with E-state index in [2.05, 4.69) is 27.7 Å². The summed E-state index contributed by atoms with van der Waals surface area (Å²) < 4.78 is 5.28. The van der Waals surface area contributed by atoms with Gasteiger partial charge in [-0.2, -0.15) is 6.42 Å². The molecule has 0 saturated carbocycles. The number of hydrogen-bond donors (Lipinski definition) is 0. The van der Waals surface area contributed by atoms with Crippen molar-refractivity contribution in [2.75, 3.05) is 13.2 Å². The summed E-state index contributed by atoms with van der Waals surface area (Å²) >= 11 is 0. The van der Waals surface area contributed by atoms with Gasteiger partial charge in [-0.25, -0.2) is 0 Å². The van der Waals surface area contributed by atoms with Crippen LogP contribution in [0.15, 0.2) is 6.08 Å². The minimum absolute atomic E-state index is 0. The maximum absolute atomic E-state index is 11.4. The van der Waals surface area contributed by atoms with E-state index in [9.17, 15) is 4.79 Å². The predicted molar refractivity (Wildman–Crippen MR) is 82.8 cm³/mol. The molecule has 0 spiro atoms. The maximum Gasteiger partial charge on any atom is 0.140 e. The van der Waals surface area contributed by atoms with Gasteiger partial charge in [0.05, 0.1) is 6.61 Å². The molecule has 20 heavy (non-hydrogen) atoms. The molecule has 0 saturated heterocycles. The summed E-state index contributed by atoms with van der Waals surface area (Å²) in [6.45, 7) is 22.2. The first-order valence-electron chi connectivity index (χ1n) is 7.01. The molecule has 2 nitrogen and oxygen atoms in total. The van der Waals surface area contributed by atoms with Crippen LogP contribution in [0.25, 0.3) is 0 Å². The fourth-order valence-electron chi connectivity index (χ4n) is 0.846. The van der Waals surface area contributed by atoms with E-state index in [0.717, 1.165) is 19.4 Å². The third-order valence-electron chi connectivity index (χ3n) is 2.35. The number of unbranched alkanes of at least 4 members (excludes halogenated alkanes) is 1. The summed E-state index contributed by atoms with van der Waals surface area (Å²) in [4.78, 5) is 11.4. The van der Waals surface area contributed by atoms with Crippen LogP contribution in [0.2, 0.25) is 0 Å². The molecule has 0 aliphatic carbocycles. The number of carbonyl (C=O) groups is 1. The summed E-state index contributed by atoms with van der Waals surface area (Å²) in [6.07, 6.45) is 4.09. The SMILES string of the molecule is [CH-]=CC(C)(C)C.[CH2-]CCCOCCC(=O)C(C)(C)C.[Y]. The van der Waals surface area contributed by atoms with Crippen molar-refractivity contribution in [3.63, 3.8) is 0 Å². The molecule has 0 heterocycles. The van der Waals surface area contributed by atoms with Crippen LogP contribution in [-0.4, -0.2) is 19.0 Å². The van der Waals surface area contributed by atoms with Gasteiger partial charge in [0.25, 0.3) is 0 Å². The van der Waals surface area contributed by atoms with E-state index in [-0.39, 0.29) is 49.3 Å². The van der Waals surface area contributed by atoms with Gasteiger partial charge in [0, 0.05) is 51.2 Å². The van der Waals surface area contributed by atoms with Crippen LogP contribution in [0, 0.1) is 24.3 Å². The van der Waals surface area contributed by atoms with E-state index in [1.54, 1.807) is 6.08 Å². The molecule has 0 aliphatic rings. The molecule has 0 N–H and O–H groups in total. The van der Waals surface area contributed by atoms with Gasteiger partial charge in [0.2, 0.25) is 0 Å². The normalized spacial score (nSPS) is 10.9. The van der Waals surface area contributed by atoms with E-state index in [1.807, 2.05) is 20.8 Å². The van der Waals surface area contributed by atoms with Crippen molar-refractivity contribution in [2.45, 2.75) is 60.8 Å². The Hall–Kier alpha value is 0.474. The Bertz CT molecular complexity index is 247. The molecule has 0 aromatic rings. The molecule has 1 radical (unpaired) electrons. The van der Waals surface area contributed by atoms with Crippen LogP contribution in [0.5, 0.6) is 0 Å². The quantitative estimate of drug-likeness (QED) is 0.511. The van der Waals surface area contributed by atoms with Crippen molar-refractivity contribution in [3.05, 3.63) is 19.6 Å². The molecular weight excluding hydrogens is 325 g/mol. The summed E-state index contributed by atoms with van der Waals surface area (Å²) in [7, 11) is 0. The zero-order valence-corrected chi connectivity index (χ0v) is 17.1. The van der Waals surface area contributed by atoms with Crippen LogP contribution >= 0.6 is 0 Å². The van der Waals surface area contributed by atoms with Crippen molar-refractivity contribution < 1.29 is 42.2 Å². The first-order valence-corrected chi connectivity index (χ1v) is 7.01. The third-order valence-corrected chi connectivity index (χ3v) is 2.35. The zero-order chi connectivity index (χ0) is 15.5. The number of carbonyl (C=O) groups excluding carboxylic acids is 1. The minimum atomic E-state index is -0.227. The van der Waals surface area contributed by atoms with Gasteiger partial charge in [0.1, 0.15) is 5.78 Å². The molecule has 0 atom stereocenters. The van der Waals surface area contributed by atoms with E-state index in [4.69, 9.17) is 11.3 Å². The van der Waals surface area contributed by atoms with Crippen LogP contribution in [0.4, 0.5) is 0 Å². The monoisotopic (exact) mass is 357 g/mol. The Balaban J connectivity index is -0.000000352. The number of ketones is 1. The molecule has 0 amide bonds. The van der Waals surface area contributed by atoms with Crippen LogP contribution < -0.4 is 0 Å². The van der Waals surface area contributed by atoms with E-state index in [0.29, 0.717) is 13.0 Å². The smallest absolute Gasteiger partial charge is 0.140 e. The number of allylic oxidation sites excluding steroid dienone is 1. The fraction of sp³-hybridized carbons (Fsp3) is 0.765. The summed E-state index contributed by atoms with van der Waals surface area (Å²) in [5, 5.41) is 0. The Morgan fingerprint density at radius 1 is 1.15 bits per heavy atom. The third kappa shape index (κ3) is 20.8. The van der Waals surface area contributed by atoms with Gasteiger partial charge in [-0.15, -0.1) is 0 Å². The first kappa shape index (κ1) is 25.4. The van der Waals surface area contributed by atoms with Gasteiger partial charge in [-0.1, -0.05) is 53.4 Å². The standard InChI is InChI=1S/C11H21O2.C6H11.Y/c1-5-6-8-13-9-7-10(12)11(2,3)4;1-5-6(2,3)4;/h1,5-9H2,2-4H3;1,5H,2-4H3;/q2*-1;. The van der Waals surface area contributed by atoms with Crippen molar-refractivity contribution >= 4 is 5.78 Å². The fourth-order valence-corrected chi connectivity index (χ4v) is 0.846. The minimum Gasteiger partial charge on any atom is -0.517 e. The summed E-state index contributed by atoms with van der Waals surface area (Å²) in [5.74, 6) is 0.266. The Kier molecular flexibility index (Phi) is 16.7. The van der Waals surface area contributed by atoms with Crippen LogP contribution in [-0.2, 0) is 42.2 Å². The van der Waals surface area contributed by atoms with Crippen molar-refractivity contribution in [1.82, 2.24) is 0 Å². The molecule has 0 fully saturated rings. The van der Waals surface area contributed by atoms with E-state index in [1.165, 1.54) is 0 Å². The number of hydrogen-bond acceptors (Lipinski definition) is 2. The second kappa shape index (κ2) is 13.2. The Morgan fingerprint density at radius 3 is 1.90 bits per heavy atom. The molecule has 0 unspecified atom stereocenters. The van der Waals surface area contributed by atoms with E-state index < -0.39 is 0 Å². The van der Waals surface area contributed by atoms with Gasteiger partial charge in [0.15, 0.2) is 0 Å². The molecule has 0 aromatic heterocycles. The maximum atomic E-state index is 11.4. The Labute approximate surface area is 152 Å². The average molecular weight is 357 g/mol. The first-order chi connectivity index (χ1) is 8.54. The van der Waals surface area contributed by atoms with Gasteiger partial charge < -0.3 is 18.2 Å². The number of ether oxygens (including phenoxy) is 1. The molecule has 0 aliphatic heterocycles. The molecule has 0 rings (SSSR count). The number of Topliss-reactive ketones (excluding diaryl/α,β-unsaturated/α-hetero) is 1. The van der Waals surface area contributed by atoms with Gasteiger partial charge in [-0.3, -0.25) is 10.9 Å². The summed E-state index contributed by atoms with van der Waals surface area (Å²) in [5.41, 5.74) is -0.0321. The second-order valence-electron chi connectivity index (χ2n) is 6.78.